The number of H-pyrrole nitrogens is 1. The zero-order valence-electron chi connectivity index (χ0n) is 15.9. The van der Waals surface area contributed by atoms with Gasteiger partial charge in [0, 0.05) is 17.6 Å². The molecule has 1 atom stereocenters. The Balaban J connectivity index is 1.54. The van der Waals surface area contributed by atoms with E-state index >= 15 is 0 Å². The van der Waals surface area contributed by atoms with E-state index in [4.69, 9.17) is 0 Å². The molecule has 30 heavy (non-hydrogen) atoms. The molecule has 3 aromatic carbocycles. The molecule has 0 aliphatic heterocycles. The average Bonchev–Trinajstić information content (AvgIpc) is 3.16. The molecular formula is C23H20N2O4S. The molecular weight excluding hydrogens is 400 g/mol. The molecule has 0 aliphatic rings. The summed E-state index contributed by atoms with van der Waals surface area (Å²) in [5.41, 5.74) is 3.36. The van der Waals surface area contributed by atoms with E-state index in [1.54, 1.807) is 12.1 Å². The summed E-state index contributed by atoms with van der Waals surface area (Å²) in [4.78, 5) is 14.9. The van der Waals surface area contributed by atoms with Crippen LogP contribution in [-0.4, -0.2) is 30.5 Å². The fraction of sp³-hybridized carbons (Fsp3) is 0.0870. The van der Waals surface area contributed by atoms with Gasteiger partial charge in [0.25, 0.3) is 0 Å². The van der Waals surface area contributed by atoms with Gasteiger partial charge in [0.1, 0.15) is 6.04 Å². The molecule has 0 saturated heterocycles. The molecule has 6 nitrogen and oxygen atoms in total. The zero-order valence-corrected chi connectivity index (χ0v) is 16.8. The van der Waals surface area contributed by atoms with Crippen LogP contribution in [0, 0.1) is 0 Å². The van der Waals surface area contributed by atoms with Gasteiger partial charge in [0.15, 0.2) is 0 Å². The van der Waals surface area contributed by atoms with Gasteiger partial charge in [-0.3, -0.25) is 4.79 Å². The molecule has 0 spiro atoms. The van der Waals surface area contributed by atoms with E-state index < -0.39 is 22.0 Å². The van der Waals surface area contributed by atoms with Gasteiger partial charge < -0.3 is 10.1 Å². The Kier molecular flexibility index (Phi) is 5.39. The second-order valence-electron chi connectivity index (χ2n) is 6.99. The van der Waals surface area contributed by atoms with E-state index in [1.807, 2.05) is 60.7 Å². The number of aromatic amines is 1. The second-order valence-corrected chi connectivity index (χ2v) is 8.70. The Morgan fingerprint density at radius 1 is 0.900 bits per heavy atom. The number of carboxylic acids is 1. The molecule has 1 heterocycles. The SMILES string of the molecule is O=C(O)[C@H](Cc1cc2ccccc2[nH]1)NS(=O)(=O)c1ccc(-c2ccccc2)cc1. The Hall–Kier alpha value is -3.42. The lowest BCUT2D eigenvalue weighted by molar-refractivity contribution is -0.138. The predicted octanol–water partition coefficient (Wildman–Crippen LogP) is 3.81. The second kappa shape index (κ2) is 8.14. The minimum atomic E-state index is -4.00. The fourth-order valence-corrected chi connectivity index (χ4v) is 4.54. The van der Waals surface area contributed by atoms with Crippen molar-refractivity contribution >= 4 is 26.9 Å². The van der Waals surface area contributed by atoms with Gasteiger partial charge in [0.2, 0.25) is 10.0 Å². The fourth-order valence-electron chi connectivity index (χ4n) is 3.36. The number of nitrogens with one attached hydrogen (secondary N) is 2. The quantitative estimate of drug-likeness (QED) is 0.423. The topological polar surface area (TPSA) is 99.3 Å². The maximum absolute atomic E-state index is 12.8. The number of benzene rings is 3. The highest BCUT2D eigenvalue weighted by Gasteiger charge is 2.26. The van der Waals surface area contributed by atoms with Crippen molar-refractivity contribution in [1.82, 2.24) is 9.71 Å². The summed E-state index contributed by atoms with van der Waals surface area (Å²) in [6.07, 6.45) is 0.00530. The number of aliphatic carboxylic acids is 1. The minimum Gasteiger partial charge on any atom is -0.480 e. The molecule has 0 radical (unpaired) electrons. The Morgan fingerprint density at radius 3 is 2.20 bits per heavy atom. The highest BCUT2D eigenvalue weighted by molar-refractivity contribution is 7.89. The van der Waals surface area contributed by atoms with Crippen LogP contribution in [0.5, 0.6) is 0 Å². The Bertz CT molecular complexity index is 1250. The third kappa shape index (κ3) is 4.27. The maximum Gasteiger partial charge on any atom is 0.322 e. The third-order valence-electron chi connectivity index (χ3n) is 4.88. The van der Waals surface area contributed by atoms with Gasteiger partial charge >= 0.3 is 5.97 Å². The van der Waals surface area contributed by atoms with Gasteiger partial charge in [-0.1, -0.05) is 60.7 Å². The minimum absolute atomic E-state index is 0.00530. The van der Waals surface area contributed by atoms with Crippen molar-refractivity contribution in [3.8, 4) is 11.1 Å². The van der Waals surface area contributed by atoms with Crippen LogP contribution >= 0.6 is 0 Å². The number of carboxylic acid groups (broad SMARTS) is 1. The number of carbonyl (C=O) groups is 1. The molecule has 0 aliphatic carbocycles. The number of rotatable bonds is 7. The van der Waals surface area contributed by atoms with Gasteiger partial charge in [0.05, 0.1) is 4.90 Å². The number of hydrogen-bond acceptors (Lipinski definition) is 3. The summed E-state index contributed by atoms with van der Waals surface area (Å²) in [6, 6.07) is 24.0. The molecule has 7 heteroatoms. The predicted molar refractivity (Wildman–Crippen MR) is 116 cm³/mol. The van der Waals surface area contributed by atoms with Crippen LogP contribution in [0.3, 0.4) is 0 Å². The summed E-state index contributed by atoms with van der Waals surface area (Å²) < 4.78 is 27.9. The van der Waals surface area contributed by atoms with Gasteiger partial charge in [-0.15, -0.1) is 0 Å². The van der Waals surface area contributed by atoms with Crippen LogP contribution in [0.1, 0.15) is 5.69 Å². The van der Waals surface area contributed by atoms with Crippen molar-refractivity contribution in [3.63, 3.8) is 0 Å². The first kappa shape index (κ1) is 19.9. The van der Waals surface area contributed by atoms with E-state index in [2.05, 4.69) is 9.71 Å². The van der Waals surface area contributed by atoms with E-state index in [-0.39, 0.29) is 11.3 Å². The van der Waals surface area contributed by atoms with Crippen LogP contribution < -0.4 is 4.72 Å². The normalized spacial score (nSPS) is 12.7. The first-order valence-corrected chi connectivity index (χ1v) is 10.9. The first-order chi connectivity index (χ1) is 14.4. The molecule has 0 saturated carbocycles. The molecule has 4 aromatic rings. The molecule has 152 valence electrons. The monoisotopic (exact) mass is 420 g/mol. The van der Waals surface area contributed by atoms with Crippen molar-refractivity contribution in [2.45, 2.75) is 17.4 Å². The summed E-state index contributed by atoms with van der Waals surface area (Å²) >= 11 is 0. The largest absolute Gasteiger partial charge is 0.480 e. The van der Waals surface area contributed by atoms with E-state index in [1.165, 1.54) is 12.1 Å². The lowest BCUT2D eigenvalue weighted by Crippen LogP contribution is -2.42. The van der Waals surface area contributed by atoms with Crippen molar-refractivity contribution in [2.75, 3.05) is 0 Å². The molecule has 0 unspecified atom stereocenters. The lowest BCUT2D eigenvalue weighted by atomic mass is 10.1. The lowest BCUT2D eigenvalue weighted by Gasteiger charge is -2.14. The van der Waals surface area contributed by atoms with E-state index in [9.17, 15) is 18.3 Å². The summed E-state index contributed by atoms with van der Waals surface area (Å²) in [7, 11) is -4.00. The first-order valence-electron chi connectivity index (χ1n) is 9.40. The number of fused-ring (bicyclic) bond motifs is 1. The number of para-hydroxylation sites is 1. The average molecular weight is 420 g/mol. The molecule has 0 fully saturated rings. The van der Waals surface area contributed by atoms with Crippen molar-refractivity contribution in [1.29, 1.82) is 0 Å². The van der Waals surface area contributed by atoms with Gasteiger partial charge in [-0.05, 0) is 40.8 Å². The number of hydrogen-bond donors (Lipinski definition) is 3. The molecule has 3 N–H and O–H groups in total. The van der Waals surface area contributed by atoms with Crippen LogP contribution in [-0.2, 0) is 21.2 Å². The maximum atomic E-state index is 12.8. The van der Waals surface area contributed by atoms with Gasteiger partial charge in [-0.25, -0.2) is 8.42 Å². The zero-order chi connectivity index (χ0) is 21.1. The van der Waals surface area contributed by atoms with Crippen molar-refractivity contribution in [2.24, 2.45) is 0 Å². The van der Waals surface area contributed by atoms with Crippen molar-refractivity contribution < 1.29 is 18.3 Å². The summed E-state index contributed by atoms with van der Waals surface area (Å²) in [5, 5.41) is 10.5. The number of aromatic nitrogens is 1. The van der Waals surface area contributed by atoms with Crippen LogP contribution in [0.2, 0.25) is 0 Å². The highest BCUT2D eigenvalue weighted by Crippen LogP contribution is 2.21. The van der Waals surface area contributed by atoms with E-state index in [0.717, 1.165) is 22.0 Å². The van der Waals surface area contributed by atoms with Crippen LogP contribution in [0.15, 0.2) is 89.8 Å². The molecule has 0 bridgehead atoms. The van der Waals surface area contributed by atoms with Crippen LogP contribution in [0.4, 0.5) is 0 Å². The molecule has 4 rings (SSSR count). The van der Waals surface area contributed by atoms with Crippen LogP contribution in [0.25, 0.3) is 22.0 Å². The highest BCUT2D eigenvalue weighted by atomic mass is 32.2. The number of sulfonamides is 1. The van der Waals surface area contributed by atoms with Crippen molar-refractivity contribution in [3.05, 3.63) is 90.6 Å². The van der Waals surface area contributed by atoms with E-state index in [0.29, 0.717) is 5.69 Å². The standard InChI is InChI=1S/C23H20N2O4S/c26-23(27)22(15-19-14-18-8-4-5-9-21(18)24-19)25-30(28,29)20-12-10-17(11-13-20)16-6-2-1-3-7-16/h1-14,22,24-25H,15H2,(H,26,27)/t22-/m0/s1. The molecule has 0 amide bonds. The third-order valence-corrected chi connectivity index (χ3v) is 6.36. The molecule has 1 aromatic heterocycles. The Labute approximate surface area is 174 Å². The summed E-state index contributed by atoms with van der Waals surface area (Å²) in [6.45, 7) is 0. The smallest absolute Gasteiger partial charge is 0.322 e. The Morgan fingerprint density at radius 2 is 1.53 bits per heavy atom. The summed E-state index contributed by atoms with van der Waals surface area (Å²) in [5.74, 6) is -1.24. The van der Waals surface area contributed by atoms with Gasteiger partial charge in [-0.2, -0.15) is 4.72 Å².